The van der Waals surface area contributed by atoms with Crippen LogP contribution in [-0.4, -0.2) is 45.4 Å². The van der Waals surface area contributed by atoms with Crippen LogP contribution >= 0.6 is 0 Å². The molecule has 1 saturated heterocycles. The Hall–Kier alpha value is -3.31. The highest BCUT2D eigenvalue weighted by atomic mass is 19.1. The average molecular weight is 461 g/mol. The predicted octanol–water partition coefficient (Wildman–Crippen LogP) is 3.74. The van der Waals surface area contributed by atoms with E-state index in [1.807, 2.05) is 13.8 Å². The maximum absolute atomic E-state index is 14.4. The van der Waals surface area contributed by atoms with Crippen molar-refractivity contribution >= 4 is 11.6 Å². The fourth-order valence-corrected chi connectivity index (χ4v) is 3.41. The van der Waals surface area contributed by atoms with E-state index in [0.717, 1.165) is 0 Å². The lowest BCUT2D eigenvalue weighted by Gasteiger charge is -2.16. The van der Waals surface area contributed by atoms with Gasteiger partial charge in [-0.15, -0.1) is 0 Å². The van der Waals surface area contributed by atoms with E-state index < -0.39 is 17.4 Å². The third-order valence-corrected chi connectivity index (χ3v) is 5.02. The third kappa shape index (κ3) is 5.37. The molecule has 3 aromatic rings. The zero-order valence-corrected chi connectivity index (χ0v) is 18.8. The average Bonchev–Trinajstić information content (AvgIpc) is 3.37. The van der Waals surface area contributed by atoms with Crippen LogP contribution in [0.25, 0.3) is 0 Å². The molecule has 4 rings (SSSR count). The summed E-state index contributed by atoms with van der Waals surface area (Å²) in [6.07, 6.45) is 6.19. The van der Waals surface area contributed by atoms with Crippen LogP contribution in [0.4, 0.5) is 20.4 Å². The SMILES string of the molecule is COc1cc(C)c(F)c(COc2cnc(Nc3cnn(C[C@@H]4COC(C)(C)O4)c3)nc2)c1F. The van der Waals surface area contributed by atoms with E-state index in [2.05, 4.69) is 20.4 Å². The van der Waals surface area contributed by atoms with Crippen LogP contribution in [0.3, 0.4) is 0 Å². The predicted molar refractivity (Wildman–Crippen MR) is 114 cm³/mol. The molecule has 0 saturated carbocycles. The van der Waals surface area contributed by atoms with Crippen molar-refractivity contribution in [3.63, 3.8) is 0 Å². The summed E-state index contributed by atoms with van der Waals surface area (Å²) in [5, 5.41) is 7.34. The smallest absolute Gasteiger partial charge is 0.227 e. The van der Waals surface area contributed by atoms with Gasteiger partial charge in [0.2, 0.25) is 5.95 Å². The second-order valence-corrected chi connectivity index (χ2v) is 8.06. The Morgan fingerprint density at radius 2 is 1.97 bits per heavy atom. The Bertz CT molecular complexity index is 1120. The van der Waals surface area contributed by atoms with Crippen LogP contribution < -0.4 is 14.8 Å². The first kappa shape index (κ1) is 22.9. The molecule has 0 unspecified atom stereocenters. The van der Waals surface area contributed by atoms with Crippen LogP contribution in [0, 0.1) is 18.6 Å². The molecule has 176 valence electrons. The number of rotatable bonds is 8. The lowest BCUT2D eigenvalue weighted by Crippen LogP contribution is -2.24. The zero-order chi connectivity index (χ0) is 23.6. The van der Waals surface area contributed by atoms with Gasteiger partial charge < -0.3 is 24.3 Å². The highest BCUT2D eigenvalue weighted by Crippen LogP contribution is 2.27. The molecule has 9 nitrogen and oxygen atoms in total. The summed E-state index contributed by atoms with van der Waals surface area (Å²) in [6, 6.07) is 1.30. The summed E-state index contributed by atoms with van der Waals surface area (Å²) in [4.78, 5) is 8.35. The van der Waals surface area contributed by atoms with Crippen LogP contribution in [0.2, 0.25) is 0 Å². The standard InChI is InChI=1S/C22H25F2N5O4/c1-13-5-18(30-4)20(24)17(19(13)23)12-31-15-7-25-21(26-8-15)28-14-6-27-29(9-14)10-16-11-32-22(2,3)33-16/h5-9,16H,10-12H2,1-4H3,(H,25,26,28)/t16-/m1/s1. The molecule has 0 spiro atoms. The van der Waals surface area contributed by atoms with Gasteiger partial charge in [0.25, 0.3) is 0 Å². The Morgan fingerprint density at radius 1 is 1.21 bits per heavy atom. The number of ether oxygens (including phenoxy) is 4. The van der Waals surface area contributed by atoms with Gasteiger partial charge in [0, 0.05) is 6.20 Å². The highest BCUT2D eigenvalue weighted by Gasteiger charge is 2.32. The van der Waals surface area contributed by atoms with Crippen molar-refractivity contribution in [2.75, 3.05) is 19.0 Å². The molecule has 33 heavy (non-hydrogen) atoms. The molecule has 1 aromatic carbocycles. The van der Waals surface area contributed by atoms with Crippen LogP contribution in [0.5, 0.6) is 11.5 Å². The lowest BCUT2D eigenvalue weighted by atomic mass is 10.1. The summed E-state index contributed by atoms with van der Waals surface area (Å²) >= 11 is 0. The van der Waals surface area contributed by atoms with E-state index >= 15 is 0 Å². The van der Waals surface area contributed by atoms with E-state index in [1.165, 1.54) is 32.5 Å². The van der Waals surface area contributed by atoms with Gasteiger partial charge in [-0.3, -0.25) is 4.68 Å². The second kappa shape index (κ2) is 9.28. The monoisotopic (exact) mass is 461 g/mol. The van der Waals surface area contributed by atoms with Crippen LogP contribution in [0.15, 0.2) is 30.9 Å². The molecule has 0 radical (unpaired) electrons. The molecule has 1 fully saturated rings. The van der Waals surface area contributed by atoms with Gasteiger partial charge in [-0.1, -0.05) is 0 Å². The minimum Gasteiger partial charge on any atom is -0.494 e. The Morgan fingerprint density at radius 3 is 2.64 bits per heavy atom. The number of aryl methyl sites for hydroxylation is 1. The van der Waals surface area contributed by atoms with Crippen molar-refractivity contribution in [3.05, 3.63) is 53.6 Å². The van der Waals surface area contributed by atoms with E-state index in [1.54, 1.807) is 17.1 Å². The van der Waals surface area contributed by atoms with Gasteiger partial charge in [-0.05, 0) is 32.4 Å². The molecule has 1 aliphatic rings. The largest absolute Gasteiger partial charge is 0.494 e. The maximum Gasteiger partial charge on any atom is 0.227 e. The van der Waals surface area contributed by atoms with E-state index in [9.17, 15) is 8.78 Å². The zero-order valence-electron chi connectivity index (χ0n) is 18.8. The quantitative estimate of drug-likeness (QED) is 0.542. The molecular formula is C22H25F2N5O4. The van der Waals surface area contributed by atoms with Gasteiger partial charge in [0.15, 0.2) is 23.1 Å². The van der Waals surface area contributed by atoms with Crippen molar-refractivity contribution in [3.8, 4) is 11.5 Å². The minimum absolute atomic E-state index is 0.0421. The fourth-order valence-electron chi connectivity index (χ4n) is 3.41. The lowest BCUT2D eigenvalue weighted by molar-refractivity contribution is -0.139. The van der Waals surface area contributed by atoms with E-state index in [-0.39, 0.29) is 35.3 Å². The normalized spacial score (nSPS) is 17.2. The highest BCUT2D eigenvalue weighted by molar-refractivity contribution is 5.50. The third-order valence-electron chi connectivity index (χ3n) is 5.02. The number of anilines is 2. The summed E-state index contributed by atoms with van der Waals surface area (Å²) in [6.45, 7) is 6.00. The Balaban J connectivity index is 1.34. The van der Waals surface area contributed by atoms with Gasteiger partial charge >= 0.3 is 0 Å². The van der Waals surface area contributed by atoms with Crippen molar-refractivity contribution < 1.29 is 27.7 Å². The number of methoxy groups -OCH3 is 1. The maximum atomic E-state index is 14.4. The van der Waals surface area contributed by atoms with Gasteiger partial charge in [0.05, 0.1) is 50.1 Å². The van der Waals surface area contributed by atoms with Crippen molar-refractivity contribution in [2.24, 2.45) is 0 Å². The first-order valence-electron chi connectivity index (χ1n) is 10.3. The molecule has 1 aliphatic heterocycles. The fraction of sp³-hybridized carbons (Fsp3) is 0.409. The molecule has 2 aromatic heterocycles. The van der Waals surface area contributed by atoms with Gasteiger partial charge in [-0.25, -0.2) is 18.7 Å². The number of aromatic nitrogens is 4. The van der Waals surface area contributed by atoms with Crippen molar-refractivity contribution in [1.82, 2.24) is 19.7 Å². The molecule has 11 heteroatoms. The number of halogens is 2. The van der Waals surface area contributed by atoms with Crippen LogP contribution in [-0.2, 0) is 22.6 Å². The summed E-state index contributed by atoms with van der Waals surface area (Å²) in [5.74, 6) is -1.52. The summed E-state index contributed by atoms with van der Waals surface area (Å²) in [5.41, 5.74) is 0.735. The first-order valence-corrected chi connectivity index (χ1v) is 10.3. The summed E-state index contributed by atoms with van der Waals surface area (Å²) < 4.78 is 52.2. The minimum atomic E-state index is -0.796. The molecule has 1 atom stereocenters. The van der Waals surface area contributed by atoms with Gasteiger partial charge in [-0.2, -0.15) is 5.10 Å². The topological polar surface area (TPSA) is 92.6 Å². The number of nitrogens with zero attached hydrogens (tertiary/aromatic N) is 4. The molecule has 0 amide bonds. The van der Waals surface area contributed by atoms with E-state index in [4.69, 9.17) is 18.9 Å². The second-order valence-electron chi connectivity index (χ2n) is 8.06. The molecular weight excluding hydrogens is 436 g/mol. The van der Waals surface area contributed by atoms with Gasteiger partial charge in [0.1, 0.15) is 18.5 Å². The number of hydrogen-bond acceptors (Lipinski definition) is 8. The molecule has 0 aliphatic carbocycles. The van der Waals surface area contributed by atoms with E-state index in [0.29, 0.717) is 24.8 Å². The molecule has 1 N–H and O–H groups in total. The first-order chi connectivity index (χ1) is 15.7. The molecule has 0 bridgehead atoms. The Kier molecular flexibility index (Phi) is 6.43. The number of nitrogens with one attached hydrogen (secondary N) is 1. The molecule has 3 heterocycles. The summed E-state index contributed by atoms with van der Waals surface area (Å²) in [7, 11) is 1.32. The van der Waals surface area contributed by atoms with Crippen molar-refractivity contribution in [2.45, 2.75) is 45.8 Å². The Labute approximate surface area is 189 Å². The van der Waals surface area contributed by atoms with Crippen LogP contribution in [0.1, 0.15) is 25.0 Å². The van der Waals surface area contributed by atoms with Crippen molar-refractivity contribution in [1.29, 1.82) is 0 Å². The number of hydrogen-bond donors (Lipinski definition) is 1. The number of benzene rings is 1.